The molecule has 1 N–H and O–H groups in total. The van der Waals surface area contributed by atoms with Crippen molar-refractivity contribution in [1.29, 1.82) is 0 Å². The second-order valence-electron chi connectivity index (χ2n) is 6.70. The lowest BCUT2D eigenvalue weighted by Crippen LogP contribution is -2.28. The minimum absolute atomic E-state index is 0.715. The van der Waals surface area contributed by atoms with E-state index in [4.69, 9.17) is 0 Å². The van der Waals surface area contributed by atoms with E-state index in [1.165, 1.54) is 36.8 Å². The smallest absolute Gasteiger partial charge is 0.0233 e. The number of hydrogen-bond acceptors (Lipinski definition) is 2. The molecule has 1 aliphatic carbocycles. The Morgan fingerprint density at radius 2 is 1.90 bits per heavy atom. The fraction of sp³-hybridized carbons (Fsp3) is 0.667. The number of nitrogens with zero attached hydrogens (tertiary/aromatic N) is 1. The highest BCUT2D eigenvalue weighted by atomic mass is 15.1. The van der Waals surface area contributed by atoms with Crippen LogP contribution in [-0.4, -0.2) is 24.5 Å². The van der Waals surface area contributed by atoms with Crippen LogP contribution in [0.5, 0.6) is 0 Å². The molecule has 0 aliphatic heterocycles. The van der Waals surface area contributed by atoms with Gasteiger partial charge in [0.1, 0.15) is 0 Å². The molecule has 1 saturated carbocycles. The van der Waals surface area contributed by atoms with Crippen LogP contribution in [0.4, 0.5) is 0 Å². The predicted octanol–water partition coefficient (Wildman–Crippen LogP) is 3.81. The summed E-state index contributed by atoms with van der Waals surface area (Å²) in [5.74, 6) is 0.715. The fourth-order valence-electron chi connectivity index (χ4n) is 3.11. The van der Waals surface area contributed by atoms with Gasteiger partial charge in [-0.15, -0.1) is 0 Å². The van der Waals surface area contributed by atoms with Crippen LogP contribution in [0.2, 0.25) is 0 Å². The van der Waals surface area contributed by atoms with Gasteiger partial charge >= 0.3 is 0 Å². The van der Waals surface area contributed by atoms with Gasteiger partial charge in [-0.2, -0.15) is 0 Å². The molecular formula is C18H30N2. The summed E-state index contributed by atoms with van der Waals surface area (Å²) in [6, 6.07) is 9.85. The third kappa shape index (κ3) is 4.92. The molecule has 2 nitrogen and oxygen atoms in total. The molecule has 1 aliphatic rings. The van der Waals surface area contributed by atoms with Crippen molar-refractivity contribution in [2.24, 2.45) is 5.92 Å². The first kappa shape index (κ1) is 15.5. The van der Waals surface area contributed by atoms with Gasteiger partial charge in [-0.3, -0.25) is 4.90 Å². The highest BCUT2D eigenvalue weighted by Crippen LogP contribution is 2.23. The Kier molecular flexibility index (Phi) is 6.06. The van der Waals surface area contributed by atoms with Crippen LogP contribution in [-0.2, 0) is 13.1 Å². The summed E-state index contributed by atoms with van der Waals surface area (Å²) in [6.07, 6.45) is 5.58. The van der Waals surface area contributed by atoms with Crippen LogP contribution in [0.3, 0.4) is 0 Å². The minimum atomic E-state index is 0.715. The molecule has 112 valence electrons. The SMILES string of the molecule is CC(C)CNCc1cccc(CN(C)C2CCCC2)c1. The van der Waals surface area contributed by atoms with E-state index in [2.05, 4.69) is 55.4 Å². The molecule has 2 heteroatoms. The molecule has 1 fully saturated rings. The Morgan fingerprint density at radius 1 is 1.20 bits per heavy atom. The standard InChI is InChI=1S/C18H30N2/c1-15(2)12-19-13-16-7-6-8-17(11-16)14-20(3)18-9-4-5-10-18/h6-8,11,15,18-19H,4-5,9-10,12-14H2,1-3H3. The van der Waals surface area contributed by atoms with E-state index < -0.39 is 0 Å². The molecule has 20 heavy (non-hydrogen) atoms. The molecule has 1 aromatic carbocycles. The molecule has 2 rings (SSSR count). The average molecular weight is 274 g/mol. The van der Waals surface area contributed by atoms with Crippen LogP contribution in [0.15, 0.2) is 24.3 Å². The topological polar surface area (TPSA) is 15.3 Å². The van der Waals surface area contributed by atoms with Crippen molar-refractivity contribution in [3.8, 4) is 0 Å². The number of benzene rings is 1. The van der Waals surface area contributed by atoms with Gasteiger partial charge in [-0.25, -0.2) is 0 Å². The van der Waals surface area contributed by atoms with Crippen molar-refractivity contribution in [2.45, 2.75) is 58.7 Å². The largest absolute Gasteiger partial charge is 0.312 e. The summed E-state index contributed by atoms with van der Waals surface area (Å²) in [5.41, 5.74) is 2.85. The lowest BCUT2D eigenvalue weighted by Gasteiger charge is -2.24. The van der Waals surface area contributed by atoms with Crippen molar-refractivity contribution in [3.05, 3.63) is 35.4 Å². The lowest BCUT2D eigenvalue weighted by molar-refractivity contribution is 0.237. The fourth-order valence-corrected chi connectivity index (χ4v) is 3.11. The first-order chi connectivity index (χ1) is 9.65. The molecule has 0 saturated heterocycles. The molecule has 0 spiro atoms. The van der Waals surface area contributed by atoms with Crippen molar-refractivity contribution in [2.75, 3.05) is 13.6 Å². The van der Waals surface area contributed by atoms with Gasteiger partial charge in [0.2, 0.25) is 0 Å². The van der Waals surface area contributed by atoms with Gasteiger partial charge in [0, 0.05) is 19.1 Å². The Morgan fingerprint density at radius 3 is 2.60 bits per heavy atom. The second-order valence-corrected chi connectivity index (χ2v) is 6.70. The third-order valence-corrected chi connectivity index (χ3v) is 4.25. The van der Waals surface area contributed by atoms with Crippen LogP contribution >= 0.6 is 0 Å². The van der Waals surface area contributed by atoms with E-state index in [0.717, 1.165) is 25.7 Å². The van der Waals surface area contributed by atoms with E-state index >= 15 is 0 Å². The first-order valence-corrected chi connectivity index (χ1v) is 8.14. The molecule has 0 unspecified atom stereocenters. The zero-order chi connectivity index (χ0) is 14.4. The summed E-state index contributed by atoms with van der Waals surface area (Å²) in [6.45, 7) is 7.66. The van der Waals surface area contributed by atoms with Gasteiger partial charge in [-0.1, -0.05) is 51.0 Å². The van der Waals surface area contributed by atoms with Gasteiger partial charge < -0.3 is 5.32 Å². The molecule has 0 aromatic heterocycles. The van der Waals surface area contributed by atoms with Crippen LogP contribution < -0.4 is 5.32 Å². The maximum absolute atomic E-state index is 3.52. The van der Waals surface area contributed by atoms with Crippen molar-refractivity contribution in [1.82, 2.24) is 10.2 Å². The van der Waals surface area contributed by atoms with Gasteiger partial charge in [0.05, 0.1) is 0 Å². The van der Waals surface area contributed by atoms with Gasteiger partial charge in [-0.05, 0) is 43.5 Å². The van der Waals surface area contributed by atoms with Crippen LogP contribution in [0.25, 0.3) is 0 Å². The Hall–Kier alpha value is -0.860. The van der Waals surface area contributed by atoms with Gasteiger partial charge in [0.25, 0.3) is 0 Å². The van der Waals surface area contributed by atoms with Crippen LogP contribution in [0.1, 0.15) is 50.7 Å². The van der Waals surface area contributed by atoms with Crippen molar-refractivity contribution in [3.63, 3.8) is 0 Å². The van der Waals surface area contributed by atoms with Gasteiger partial charge in [0.15, 0.2) is 0 Å². The molecule has 0 heterocycles. The maximum atomic E-state index is 3.52. The molecule has 0 atom stereocenters. The Balaban J connectivity index is 1.85. The molecular weight excluding hydrogens is 244 g/mol. The second kappa shape index (κ2) is 7.80. The van der Waals surface area contributed by atoms with E-state index in [9.17, 15) is 0 Å². The van der Waals surface area contributed by atoms with Crippen molar-refractivity contribution < 1.29 is 0 Å². The maximum Gasteiger partial charge on any atom is 0.0233 e. The lowest BCUT2D eigenvalue weighted by atomic mass is 10.1. The van der Waals surface area contributed by atoms with E-state index in [-0.39, 0.29) is 0 Å². The zero-order valence-electron chi connectivity index (χ0n) is 13.4. The quantitative estimate of drug-likeness (QED) is 0.813. The summed E-state index contributed by atoms with van der Waals surface area (Å²) < 4.78 is 0. The van der Waals surface area contributed by atoms with E-state index in [0.29, 0.717) is 5.92 Å². The first-order valence-electron chi connectivity index (χ1n) is 8.14. The summed E-state index contributed by atoms with van der Waals surface area (Å²) in [7, 11) is 2.28. The zero-order valence-corrected chi connectivity index (χ0v) is 13.4. The average Bonchev–Trinajstić information content (AvgIpc) is 2.92. The normalized spacial score (nSPS) is 16.4. The Bertz CT molecular complexity index is 394. The third-order valence-electron chi connectivity index (χ3n) is 4.25. The summed E-state index contributed by atoms with van der Waals surface area (Å²) >= 11 is 0. The minimum Gasteiger partial charge on any atom is -0.312 e. The molecule has 1 aromatic rings. The molecule has 0 radical (unpaired) electrons. The summed E-state index contributed by atoms with van der Waals surface area (Å²) in [5, 5.41) is 3.52. The highest BCUT2D eigenvalue weighted by molar-refractivity contribution is 5.23. The van der Waals surface area contributed by atoms with E-state index in [1.807, 2.05) is 0 Å². The van der Waals surface area contributed by atoms with E-state index in [1.54, 1.807) is 0 Å². The highest BCUT2D eigenvalue weighted by Gasteiger charge is 2.19. The number of rotatable bonds is 7. The molecule has 0 bridgehead atoms. The van der Waals surface area contributed by atoms with Crippen LogP contribution in [0, 0.1) is 5.92 Å². The number of nitrogens with one attached hydrogen (secondary N) is 1. The monoisotopic (exact) mass is 274 g/mol. The Labute approximate surface area is 124 Å². The number of hydrogen-bond donors (Lipinski definition) is 1. The summed E-state index contributed by atoms with van der Waals surface area (Å²) in [4.78, 5) is 2.54. The molecule has 0 amide bonds. The van der Waals surface area contributed by atoms with Crippen molar-refractivity contribution >= 4 is 0 Å². The predicted molar refractivity (Wildman–Crippen MR) is 86.7 cm³/mol.